The molecule has 2 atom stereocenters. The monoisotopic (exact) mass is 400 g/mol. The maximum absolute atomic E-state index is 12.6. The third-order valence-corrected chi connectivity index (χ3v) is 4.86. The van der Waals surface area contributed by atoms with Gasteiger partial charge in [0.2, 0.25) is 5.91 Å². The number of nitriles is 1. The molecule has 3 amide bonds. The largest absolute Gasteiger partial charge is 0.341 e. The minimum atomic E-state index is -0.803. The van der Waals surface area contributed by atoms with E-state index in [9.17, 15) is 9.59 Å². The summed E-state index contributed by atoms with van der Waals surface area (Å²) in [4.78, 5) is 25.1. The first kappa shape index (κ1) is 20.9. The number of hydrogen-bond donors (Lipinski definition) is 3. The fourth-order valence-electron chi connectivity index (χ4n) is 3.28. The summed E-state index contributed by atoms with van der Waals surface area (Å²) < 4.78 is 0. The van der Waals surface area contributed by atoms with Gasteiger partial charge in [-0.2, -0.15) is 5.26 Å². The van der Waals surface area contributed by atoms with Crippen molar-refractivity contribution in [1.29, 1.82) is 5.26 Å². The molecule has 2 unspecified atom stereocenters. The van der Waals surface area contributed by atoms with Crippen LogP contribution in [0.4, 0.5) is 4.79 Å². The highest BCUT2D eigenvalue weighted by Crippen LogP contribution is 2.17. The fourth-order valence-corrected chi connectivity index (χ4v) is 3.28. The topological polar surface area (TPSA) is 94.0 Å². The number of fused-ring (bicyclic) bond motifs is 1. The second-order valence-corrected chi connectivity index (χ2v) is 7.06. The fraction of sp³-hybridized carbons (Fsp3) is 0.208. The Kier molecular flexibility index (Phi) is 7.01. The predicted octanol–water partition coefficient (Wildman–Crippen LogP) is 3.45. The van der Waals surface area contributed by atoms with E-state index in [4.69, 9.17) is 5.26 Å². The van der Waals surface area contributed by atoms with Crippen molar-refractivity contribution in [2.45, 2.75) is 25.4 Å². The predicted molar refractivity (Wildman–Crippen MR) is 117 cm³/mol. The molecular formula is C24H24N4O2. The van der Waals surface area contributed by atoms with E-state index in [0.717, 1.165) is 21.9 Å². The summed E-state index contributed by atoms with van der Waals surface area (Å²) in [5.74, 6) is -0.396. The van der Waals surface area contributed by atoms with Gasteiger partial charge in [-0.15, -0.1) is 0 Å². The summed E-state index contributed by atoms with van der Waals surface area (Å²) in [5.41, 5.74) is 1.88. The van der Waals surface area contributed by atoms with E-state index < -0.39 is 18.0 Å². The second-order valence-electron chi connectivity index (χ2n) is 7.06. The van der Waals surface area contributed by atoms with Crippen molar-refractivity contribution >= 4 is 22.7 Å². The number of rotatable bonds is 7. The molecule has 0 spiro atoms. The third kappa shape index (κ3) is 5.58. The molecule has 0 aliphatic carbocycles. The van der Waals surface area contributed by atoms with Gasteiger partial charge in [-0.3, -0.25) is 4.79 Å². The van der Waals surface area contributed by atoms with Crippen LogP contribution in [0.3, 0.4) is 0 Å². The number of carbonyl (C=O) groups excluding carboxylic acids is 2. The highest BCUT2D eigenvalue weighted by atomic mass is 16.2. The van der Waals surface area contributed by atoms with Gasteiger partial charge in [-0.25, -0.2) is 4.79 Å². The molecule has 6 nitrogen and oxygen atoms in total. The van der Waals surface area contributed by atoms with Gasteiger partial charge in [-0.05, 0) is 28.8 Å². The van der Waals surface area contributed by atoms with Gasteiger partial charge < -0.3 is 16.0 Å². The van der Waals surface area contributed by atoms with Gasteiger partial charge >= 0.3 is 6.03 Å². The quantitative estimate of drug-likeness (QED) is 0.530. The van der Waals surface area contributed by atoms with E-state index in [0.29, 0.717) is 6.42 Å². The maximum Gasteiger partial charge on any atom is 0.315 e. The van der Waals surface area contributed by atoms with Crippen LogP contribution in [-0.4, -0.2) is 24.5 Å². The molecule has 3 aromatic rings. The van der Waals surface area contributed by atoms with Crippen LogP contribution in [0, 0.1) is 11.3 Å². The molecule has 3 aromatic carbocycles. The minimum absolute atomic E-state index is 0.114. The highest BCUT2D eigenvalue weighted by molar-refractivity contribution is 5.88. The Labute approximate surface area is 175 Å². The number of benzene rings is 3. The van der Waals surface area contributed by atoms with E-state index in [1.807, 2.05) is 85.8 Å². The molecule has 6 heteroatoms. The lowest BCUT2D eigenvalue weighted by molar-refractivity contribution is -0.122. The van der Waals surface area contributed by atoms with Crippen molar-refractivity contribution in [3.8, 4) is 6.07 Å². The smallest absolute Gasteiger partial charge is 0.315 e. The van der Waals surface area contributed by atoms with Crippen LogP contribution in [0.15, 0.2) is 72.8 Å². The molecule has 3 N–H and O–H groups in total. The van der Waals surface area contributed by atoms with Gasteiger partial charge in [-0.1, -0.05) is 72.8 Å². The lowest BCUT2D eigenvalue weighted by Gasteiger charge is -2.21. The van der Waals surface area contributed by atoms with E-state index >= 15 is 0 Å². The number of hydrogen-bond acceptors (Lipinski definition) is 3. The van der Waals surface area contributed by atoms with E-state index in [1.54, 1.807) is 0 Å². The molecule has 0 heterocycles. The molecule has 0 aliphatic rings. The summed E-state index contributed by atoms with van der Waals surface area (Å²) in [6.07, 6.45) is 0.315. The van der Waals surface area contributed by atoms with Crippen LogP contribution in [-0.2, 0) is 11.2 Å². The van der Waals surface area contributed by atoms with Crippen LogP contribution in [0.2, 0.25) is 0 Å². The van der Waals surface area contributed by atoms with Crippen LogP contribution in [0.25, 0.3) is 10.8 Å². The van der Waals surface area contributed by atoms with Gasteiger partial charge in [0.05, 0.1) is 12.1 Å². The molecule has 152 valence electrons. The van der Waals surface area contributed by atoms with E-state index in [1.165, 1.54) is 0 Å². The van der Waals surface area contributed by atoms with Crippen molar-refractivity contribution in [2.75, 3.05) is 6.54 Å². The van der Waals surface area contributed by atoms with Crippen LogP contribution in [0.5, 0.6) is 0 Å². The average molecular weight is 400 g/mol. The number of urea groups is 1. The Bertz CT molecular complexity index is 1060. The van der Waals surface area contributed by atoms with E-state index in [-0.39, 0.29) is 12.6 Å². The van der Waals surface area contributed by atoms with E-state index in [2.05, 4.69) is 16.0 Å². The summed E-state index contributed by atoms with van der Waals surface area (Å²) >= 11 is 0. The van der Waals surface area contributed by atoms with Crippen LogP contribution in [0.1, 0.15) is 24.1 Å². The number of amides is 3. The summed E-state index contributed by atoms with van der Waals surface area (Å²) in [6.45, 7) is 1.76. The maximum atomic E-state index is 12.6. The van der Waals surface area contributed by atoms with Crippen LogP contribution < -0.4 is 16.0 Å². The van der Waals surface area contributed by atoms with Crippen LogP contribution >= 0.6 is 0 Å². The summed E-state index contributed by atoms with van der Waals surface area (Å²) in [5, 5.41) is 19.1. The Morgan fingerprint density at radius 1 is 0.933 bits per heavy atom. The van der Waals surface area contributed by atoms with Gasteiger partial charge in [0, 0.05) is 6.42 Å². The Morgan fingerprint density at radius 2 is 1.63 bits per heavy atom. The zero-order valence-corrected chi connectivity index (χ0v) is 16.8. The molecule has 0 saturated carbocycles. The van der Waals surface area contributed by atoms with Crippen molar-refractivity contribution in [3.63, 3.8) is 0 Å². The van der Waals surface area contributed by atoms with Crippen molar-refractivity contribution in [3.05, 3.63) is 83.9 Å². The van der Waals surface area contributed by atoms with Crippen molar-refractivity contribution in [1.82, 2.24) is 16.0 Å². The highest BCUT2D eigenvalue weighted by Gasteiger charge is 2.22. The number of carbonyl (C=O) groups is 2. The Morgan fingerprint density at radius 3 is 2.37 bits per heavy atom. The summed E-state index contributed by atoms with van der Waals surface area (Å²) in [7, 11) is 0. The van der Waals surface area contributed by atoms with Crippen molar-refractivity contribution < 1.29 is 9.59 Å². The lowest BCUT2D eigenvalue weighted by atomic mass is 10.0. The van der Waals surface area contributed by atoms with Gasteiger partial charge in [0.15, 0.2) is 0 Å². The standard InChI is InChI=1S/C24H24N4O2/c1-17(19-7-3-2-4-8-19)27-24(30)28-22(23(29)26-14-13-25)16-18-11-12-20-9-5-6-10-21(20)15-18/h2-12,15,17,22H,14,16H2,1H3,(H,26,29)(H2,27,28,30). The SMILES string of the molecule is CC(NC(=O)NC(Cc1ccc2ccccc2c1)C(=O)NCC#N)c1ccccc1. The first-order chi connectivity index (χ1) is 14.6. The molecule has 30 heavy (non-hydrogen) atoms. The lowest BCUT2D eigenvalue weighted by Crippen LogP contribution is -2.51. The average Bonchev–Trinajstić information content (AvgIpc) is 2.77. The zero-order chi connectivity index (χ0) is 21.3. The number of nitrogens with one attached hydrogen (secondary N) is 3. The normalized spacial score (nSPS) is 12.4. The molecule has 3 rings (SSSR count). The number of nitrogens with zero attached hydrogens (tertiary/aromatic N) is 1. The summed E-state index contributed by atoms with van der Waals surface area (Å²) in [6, 6.07) is 23.9. The molecule has 0 aliphatic heterocycles. The molecule has 0 fully saturated rings. The molecule has 0 radical (unpaired) electrons. The minimum Gasteiger partial charge on any atom is -0.341 e. The molecular weight excluding hydrogens is 376 g/mol. The molecule has 0 saturated heterocycles. The first-order valence-corrected chi connectivity index (χ1v) is 9.81. The van der Waals surface area contributed by atoms with Gasteiger partial charge in [0.25, 0.3) is 0 Å². The first-order valence-electron chi connectivity index (χ1n) is 9.81. The van der Waals surface area contributed by atoms with Gasteiger partial charge in [0.1, 0.15) is 12.6 Å². The third-order valence-electron chi connectivity index (χ3n) is 4.86. The Hall–Kier alpha value is -3.85. The second kappa shape index (κ2) is 10.1. The zero-order valence-electron chi connectivity index (χ0n) is 16.8. The Balaban J connectivity index is 1.71. The molecule has 0 bridgehead atoms. The molecule has 0 aromatic heterocycles. The van der Waals surface area contributed by atoms with Crippen molar-refractivity contribution in [2.24, 2.45) is 0 Å².